The van der Waals surface area contributed by atoms with Gasteiger partial charge in [-0.1, -0.05) is 30.7 Å². The standard InChI is InChI=1S/C18H25NO/c1-20-18-10-6-8-16(14-18)15-7-5-9-17(13-15)19-11-3-2-4-12-19/h5-8,10,14-15,17H,2-4,9,11-13H2,1H3. The summed E-state index contributed by atoms with van der Waals surface area (Å²) in [6.45, 7) is 2.59. The summed E-state index contributed by atoms with van der Waals surface area (Å²) in [5.74, 6) is 1.52. The van der Waals surface area contributed by atoms with Gasteiger partial charge in [0.25, 0.3) is 0 Å². The van der Waals surface area contributed by atoms with Gasteiger partial charge in [0, 0.05) is 12.0 Å². The molecule has 2 unspecified atom stereocenters. The van der Waals surface area contributed by atoms with Crippen molar-refractivity contribution in [2.24, 2.45) is 0 Å². The average molecular weight is 271 g/mol. The molecule has 108 valence electrons. The van der Waals surface area contributed by atoms with Gasteiger partial charge in [-0.2, -0.15) is 0 Å². The summed E-state index contributed by atoms with van der Waals surface area (Å²) in [7, 11) is 1.74. The van der Waals surface area contributed by atoms with Gasteiger partial charge in [-0.05, 0) is 56.5 Å². The molecule has 3 rings (SSSR count). The molecule has 1 aliphatic heterocycles. The van der Waals surface area contributed by atoms with Crippen LogP contribution in [0.2, 0.25) is 0 Å². The number of hydrogen-bond acceptors (Lipinski definition) is 2. The zero-order chi connectivity index (χ0) is 13.8. The highest BCUT2D eigenvalue weighted by Crippen LogP contribution is 2.32. The van der Waals surface area contributed by atoms with Crippen molar-refractivity contribution in [3.8, 4) is 5.75 Å². The zero-order valence-electron chi connectivity index (χ0n) is 12.4. The van der Waals surface area contributed by atoms with Crippen LogP contribution in [0.5, 0.6) is 5.75 Å². The Morgan fingerprint density at radius 1 is 1.15 bits per heavy atom. The minimum Gasteiger partial charge on any atom is -0.497 e. The smallest absolute Gasteiger partial charge is 0.119 e. The largest absolute Gasteiger partial charge is 0.497 e. The second-order valence-corrected chi connectivity index (χ2v) is 6.03. The predicted octanol–water partition coefficient (Wildman–Crippen LogP) is 3.98. The fourth-order valence-corrected chi connectivity index (χ4v) is 3.57. The highest BCUT2D eigenvalue weighted by Gasteiger charge is 2.25. The Morgan fingerprint density at radius 2 is 2.00 bits per heavy atom. The summed E-state index contributed by atoms with van der Waals surface area (Å²) in [6.07, 6.45) is 11.4. The summed E-state index contributed by atoms with van der Waals surface area (Å²) in [4.78, 5) is 2.71. The quantitative estimate of drug-likeness (QED) is 0.771. The van der Waals surface area contributed by atoms with Crippen LogP contribution >= 0.6 is 0 Å². The molecule has 1 aliphatic carbocycles. The van der Waals surface area contributed by atoms with Crippen molar-refractivity contribution in [3.63, 3.8) is 0 Å². The number of hydrogen-bond donors (Lipinski definition) is 0. The first-order chi connectivity index (χ1) is 9.86. The molecule has 0 amide bonds. The summed E-state index contributed by atoms with van der Waals surface area (Å²) in [6, 6.07) is 9.28. The van der Waals surface area contributed by atoms with Gasteiger partial charge in [0.2, 0.25) is 0 Å². The number of rotatable bonds is 3. The third-order valence-corrected chi connectivity index (χ3v) is 4.73. The molecule has 1 saturated heterocycles. The molecule has 0 bridgehead atoms. The average Bonchev–Trinajstić information content (AvgIpc) is 2.56. The van der Waals surface area contributed by atoms with E-state index in [1.807, 2.05) is 6.07 Å². The van der Waals surface area contributed by atoms with Crippen molar-refractivity contribution in [3.05, 3.63) is 42.0 Å². The summed E-state index contributed by atoms with van der Waals surface area (Å²) < 4.78 is 5.35. The van der Waals surface area contributed by atoms with Gasteiger partial charge in [-0.25, -0.2) is 0 Å². The zero-order valence-corrected chi connectivity index (χ0v) is 12.4. The fraction of sp³-hybridized carbons (Fsp3) is 0.556. The van der Waals surface area contributed by atoms with Crippen LogP contribution in [-0.4, -0.2) is 31.1 Å². The van der Waals surface area contributed by atoms with E-state index in [1.54, 1.807) is 7.11 Å². The van der Waals surface area contributed by atoms with Crippen molar-refractivity contribution in [2.75, 3.05) is 20.2 Å². The van der Waals surface area contributed by atoms with E-state index in [9.17, 15) is 0 Å². The first kappa shape index (κ1) is 13.7. The van der Waals surface area contributed by atoms with E-state index in [4.69, 9.17) is 4.74 Å². The van der Waals surface area contributed by atoms with E-state index in [0.29, 0.717) is 5.92 Å². The second kappa shape index (κ2) is 6.45. The van der Waals surface area contributed by atoms with Crippen LogP contribution in [0.15, 0.2) is 36.4 Å². The lowest BCUT2D eigenvalue weighted by molar-refractivity contribution is 0.149. The van der Waals surface area contributed by atoms with Crippen molar-refractivity contribution in [1.82, 2.24) is 4.90 Å². The molecule has 2 atom stereocenters. The van der Waals surface area contributed by atoms with Crippen LogP contribution < -0.4 is 4.74 Å². The number of piperidine rings is 1. The lowest BCUT2D eigenvalue weighted by Crippen LogP contribution is -2.40. The Hall–Kier alpha value is -1.28. The van der Waals surface area contributed by atoms with E-state index in [1.165, 1.54) is 50.8 Å². The van der Waals surface area contributed by atoms with Crippen molar-refractivity contribution in [2.45, 2.75) is 44.1 Å². The van der Waals surface area contributed by atoms with Crippen LogP contribution in [0, 0.1) is 0 Å². The van der Waals surface area contributed by atoms with E-state index < -0.39 is 0 Å². The summed E-state index contributed by atoms with van der Waals surface area (Å²) in [5.41, 5.74) is 1.39. The second-order valence-electron chi connectivity index (χ2n) is 6.03. The molecule has 1 aromatic carbocycles. The molecule has 1 heterocycles. The first-order valence-electron chi connectivity index (χ1n) is 7.91. The number of allylic oxidation sites excluding steroid dienone is 1. The van der Waals surface area contributed by atoms with E-state index in [0.717, 1.165) is 11.8 Å². The maximum atomic E-state index is 5.35. The molecule has 1 fully saturated rings. The van der Waals surface area contributed by atoms with Gasteiger partial charge in [0.1, 0.15) is 5.75 Å². The molecule has 0 radical (unpaired) electrons. The van der Waals surface area contributed by atoms with Crippen LogP contribution in [-0.2, 0) is 0 Å². The Bertz CT molecular complexity index is 462. The van der Waals surface area contributed by atoms with E-state index in [-0.39, 0.29) is 0 Å². The maximum absolute atomic E-state index is 5.35. The molecule has 2 aliphatic rings. The highest BCUT2D eigenvalue weighted by molar-refractivity contribution is 5.33. The molecule has 2 nitrogen and oxygen atoms in total. The molecule has 0 N–H and O–H groups in total. The number of likely N-dealkylation sites (tertiary alicyclic amines) is 1. The maximum Gasteiger partial charge on any atom is 0.119 e. The van der Waals surface area contributed by atoms with Crippen LogP contribution in [0.4, 0.5) is 0 Å². The molecular weight excluding hydrogens is 246 g/mol. The molecule has 20 heavy (non-hydrogen) atoms. The third-order valence-electron chi connectivity index (χ3n) is 4.73. The summed E-state index contributed by atoms with van der Waals surface area (Å²) >= 11 is 0. The van der Waals surface area contributed by atoms with Gasteiger partial charge in [0.15, 0.2) is 0 Å². The lowest BCUT2D eigenvalue weighted by atomic mass is 9.85. The van der Waals surface area contributed by atoms with Gasteiger partial charge < -0.3 is 9.64 Å². The molecule has 0 aromatic heterocycles. The van der Waals surface area contributed by atoms with Crippen molar-refractivity contribution >= 4 is 0 Å². The monoisotopic (exact) mass is 271 g/mol. The number of benzene rings is 1. The Morgan fingerprint density at radius 3 is 2.80 bits per heavy atom. The lowest BCUT2D eigenvalue weighted by Gasteiger charge is -2.37. The minimum absolute atomic E-state index is 0.547. The van der Waals surface area contributed by atoms with Crippen LogP contribution in [0.1, 0.15) is 43.6 Å². The predicted molar refractivity (Wildman–Crippen MR) is 83.3 cm³/mol. The SMILES string of the molecule is COc1cccc(C2C=CCC(N3CCCCC3)C2)c1. The first-order valence-corrected chi connectivity index (χ1v) is 7.91. The van der Waals surface area contributed by atoms with Gasteiger partial charge in [0.05, 0.1) is 7.11 Å². The summed E-state index contributed by atoms with van der Waals surface area (Å²) in [5, 5.41) is 0. The van der Waals surface area contributed by atoms with E-state index >= 15 is 0 Å². The van der Waals surface area contributed by atoms with Crippen molar-refractivity contribution < 1.29 is 4.74 Å². The Kier molecular flexibility index (Phi) is 4.41. The molecule has 0 saturated carbocycles. The van der Waals surface area contributed by atoms with Gasteiger partial charge in [-0.3, -0.25) is 0 Å². The normalized spacial score (nSPS) is 27.4. The topological polar surface area (TPSA) is 12.5 Å². The number of methoxy groups -OCH3 is 1. The van der Waals surface area contributed by atoms with Crippen molar-refractivity contribution in [1.29, 1.82) is 0 Å². The minimum atomic E-state index is 0.547. The van der Waals surface area contributed by atoms with Crippen LogP contribution in [0.3, 0.4) is 0 Å². The fourth-order valence-electron chi connectivity index (χ4n) is 3.57. The highest BCUT2D eigenvalue weighted by atomic mass is 16.5. The van der Waals surface area contributed by atoms with E-state index in [2.05, 4.69) is 35.3 Å². The number of ether oxygens (including phenoxy) is 1. The van der Waals surface area contributed by atoms with Gasteiger partial charge >= 0.3 is 0 Å². The third kappa shape index (κ3) is 3.06. The molecule has 0 spiro atoms. The van der Waals surface area contributed by atoms with Crippen LogP contribution in [0.25, 0.3) is 0 Å². The molecule has 1 aromatic rings. The molecule has 2 heteroatoms. The Labute approximate surface area is 122 Å². The van der Waals surface area contributed by atoms with Gasteiger partial charge in [-0.15, -0.1) is 0 Å². The number of nitrogens with zero attached hydrogens (tertiary/aromatic N) is 1. The molecular formula is C18H25NO. The Balaban J connectivity index is 1.70.